The smallest absolute Gasteiger partial charge is 0.163 e. The molecule has 2 nitrogen and oxygen atoms in total. The molecule has 0 atom stereocenters. The largest absolute Gasteiger partial charge is 0.493 e. The maximum Gasteiger partial charge on any atom is 0.163 e. The van der Waals surface area contributed by atoms with Crippen LogP contribution >= 0.6 is 0 Å². The Bertz CT molecular complexity index is 394. The van der Waals surface area contributed by atoms with Gasteiger partial charge in [-0.05, 0) is 24.8 Å². The van der Waals surface area contributed by atoms with Gasteiger partial charge >= 0.3 is 0 Å². The highest BCUT2D eigenvalue weighted by molar-refractivity contribution is 6.01. The molecule has 0 unspecified atom stereocenters. The van der Waals surface area contributed by atoms with Gasteiger partial charge in [-0.2, -0.15) is 0 Å². The summed E-state index contributed by atoms with van der Waals surface area (Å²) in [5, 5.41) is 0. The van der Waals surface area contributed by atoms with Gasteiger partial charge in [0.1, 0.15) is 5.75 Å². The average molecular weight is 218 g/mol. The van der Waals surface area contributed by atoms with Gasteiger partial charge in [0.2, 0.25) is 0 Å². The minimum Gasteiger partial charge on any atom is -0.493 e. The van der Waals surface area contributed by atoms with Crippen molar-refractivity contribution in [2.24, 2.45) is 5.92 Å². The fourth-order valence-electron chi connectivity index (χ4n) is 2.00. The first-order valence-corrected chi connectivity index (χ1v) is 5.96. The molecule has 2 rings (SSSR count). The fourth-order valence-corrected chi connectivity index (χ4v) is 2.00. The van der Waals surface area contributed by atoms with E-state index in [0.717, 1.165) is 36.3 Å². The van der Waals surface area contributed by atoms with E-state index in [2.05, 4.69) is 13.8 Å². The van der Waals surface area contributed by atoms with Crippen molar-refractivity contribution in [1.29, 1.82) is 0 Å². The van der Waals surface area contributed by atoms with Crippen LogP contribution in [0.3, 0.4) is 0 Å². The highest BCUT2D eigenvalue weighted by atomic mass is 16.5. The van der Waals surface area contributed by atoms with Crippen LogP contribution in [0.15, 0.2) is 18.2 Å². The predicted molar refractivity (Wildman–Crippen MR) is 64.0 cm³/mol. The molecule has 0 aromatic heterocycles. The average Bonchev–Trinajstić information content (AvgIpc) is 2.61. The monoisotopic (exact) mass is 218 g/mol. The lowest BCUT2D eigenvalue weighted by Gasteiger charge is -2.11. The minimum absolute atomic E-state index is 0.254. The van der Waals surface area contributed by atoms with Gasteiger partial charge in [-0.25, -0.2) is 0 Å². The van der Waals surface area contributed by atoms with Crippen LogP contribution in [0.1, 0.15) is 42.6 Å². The highest BCUT2D eigenvalue weighted by Crippen LogP contribution is 2.30. The summed E-state index contributed by atoms with van der Waals surface area (Å²) in [7, 11) is 0. The molecule has 2 heteroatoms. The molecule has 0 N–H and O–H groups in total. The molecule has 0 heterocycles. The molecule has 0 aliphatic heterocycles. The summed E-state index contributed by atoms with van der Waals surface area (Å²) in [6.07, 6.45) is 2.53. The van der Waals surface area contributed by atoms with Crippen LogP contribution in [0.2, 0.25) is 0 Å². The van der Waals surface area contributed by atoms with Gasteiger partial charge in [0, 0.05) is 17.5 Å². The Hall–Kier alpha value is -1.31. The topological polar surface area (TPSA) is 26.3 Å². The Morgan fingerprint density at radius 1 is 1.31 bits per heavy atom. The van der Waals surface area contributed by atoms with Crippen LogP contribution in [-0.2, 0) is 6.42 Å². The van der Waals surface area contributed by atoms with Gasteiger partial charge in [-0.15, -0.1) is 0 Å². The van der Waals surface area contributed by atoms with Gasteiger partial charge in [0.05, 0.1) is 6.61 Å². The molecule has 0 bridgehead atoms. The fraction of sp³-hybridized carbons (Fsp3) is 0.500. The number of rotatable bonds is 4. The maximum atomic E-state index is 11.5. The number of hydrogen-bond donors (Lipinski definition) is 0. The number of carbonyl (C=O) groups is 1. The van der Waals surface area contributed by atoms with E-state index < -0.39 is 0 Å². The molecule has 1 aliphatic rings. The summed E-state index contributed by atoms with van der Waals surface area (Å²) in [6, 6.07) is 5.78. The summed E-state index contributed by atoms with van der Waals surface area (Å²) in [5.74, 6) is 1.81. The molecule has 0 radical (unpaired) electrons. The molecule has 0 saturated carbocycles. The van der Waals surface area contributed by atoms with Crippen LogP contribution in [0.4, 0.5) is 0 Å². The van der Waals surface area contributed by atoms with Crippen LogP contribution in [0, 0.1) is 5.92 Å². The minimum atomic E-state index is 0.254. The first-order valence-electron chi connectivity index (χ1n) is 5.96. The van der Waals surface area contributed by atoms with Gasteiger partial charge < -0.3 is 4.74 Å². The molecular formula is C14H18O2. The van der Waals surface area contributed by atoms with Crippen molar-refractivity contribution >= 4 is 5.78 Å². The maximum absolute atomic E-state index is 11.5. The quantitative estimate of drug-likeness (QED) is 0.775. The Morgan fingerprint density at radius 3 is 2.88 bits per heavy atom. The molecular weight excluding hydrogens is 200 g/mol. The SMILES string of the molecule is CC(C)CCOc1cccc2c1CCC2=O. The third-order valence-electron chi connectivity index (χ3n) is 2.99. The second-order valence-electron chi connectivity index (χ2n) is 4.74. The van der Waals surface area contributed by atoms with Gasteiger partial charge in [-0.3, -0.25) is 4.79 Å². The normalized spacial score (nSPS) is 14.3. The predicted octanol–water partition coefficient (Wildman–Crippen LogP) is 3.24. The molecule has 16 heavy (non-hydrogen) atoms. The van der Waals surface area contributed by atoms with Crippen molar-refractivity contribution < 1.29 is 9.53 Å². The van der Waals surface area contributed by atoms with Crippen LogP contribution in [0.5, 0.6) is 5.75 Å². The number of ether oxygens (including phenoxy) is 1. The molecule has 1 aromatic rings. The van der Waals surface area contributed by atoms with E-state index in [-0.39, 0.29) is 5.78 Å². The number of fused-ring (bicyclic) bond motifs is 1. The summed E-state index contributed by atoms with van der Waals surface area (Å²) >= 11 is 0. The molecule has 1 aromatic carbocycles. The van der Waals surface area contributed by atoms with E-state index in [0.29, 0.717) is 12.3 Å². The van der Waals surface area contributed by atoms with Crippen LogP contribution in [0.25, 0.3) is 0 Å². The van der Waals surface area contributed by atoms with Gasteiger partial charge in [0.15, 0.2) is 5.78 Å². The summed E-state index contributed by atoms with van der Waals surface area (Å²) in [5.41, 5.74) is 1.97. The summed E-state index contributed by atoms with van der Waals surface area (Å²) < 4.78 is 5.76. The van der Waals surface area contributed by atoms with Gasteiger partial charge in [0.25, 0.3) is 0 Å². The third kappa shape index (κ3) is 2.26. The molecule has 0 amide bonds. The van der Waals surface area contributed by atoms with Crippen molar-refractivity contribution in [3.05, 3.63) is 29.3 Å². The van der Waals surface area contributed by atoms with Crippen LogP contribution < -0.4 is 4.74 Å². The highest BCUT2D eigenvalue weighted by Gasteiger charge is 2.22. The van der Waals surface area contributed by atoms with E-state index in [4.69, 9.17) is 4.74 Å². The lowest BCUT2D eigenvalue weighted by atomic mass is 10.1. The first-order chi connectivity index (χ1) is 7.68. The first kappa shape index (κ1) is 11.2. The third-order valence-corrected chi connectivity index (χ3v) is 2.99. The lowest BCUT2D eigenvalue weighted by Crippen LogP contribution is -2.03. The number of ketones is 1. The zero-order chi connectivity index (χ0) is 11.5. The van der Waals surface area contributed by atoms with Crippen molar-refractivity contribution in [2.45, 2.75) is 33.1 Å². The molecule has 0 spiro atoms. The van der Waals surface area contributed by atoms with E-state index in [1.165, 1.54) is 0 Å². The van der Waals surface area contributed by atoms with Crippen molar-refractivity contribution in [3.63, 3.8) is 0 Å². The summed E-state index contributed by atoms with van der Waals surface area (Å²) in [4.78, 5) is 11.5. The molecule has 86 valence electrons. The van der Waals surface area contributed by atoms with Crippen molar-refractivity contribution in [1.82, 2.24) is 0 Å². The summed E-state index contributed by atoms with van der Waals surface area (Å²) in [6.45, 7) is 5.10. The zero-order valence-corrected chi connectivity index (χ0v) is 9.95. The molecule has 0 fully saturated rings. The standard InChI is InChI=1S/C14H18O2/c1-10(2)8-9-16-14-5-3-4-11-12(14)6-7-13(11)15/h3-5,10H,6-9H2,1-2H3. The number of benzene rings is 1. The number of carbonyl (C=O) groups excluding carboxylic acids is 1. The number of hydrogen-bond acceptors (Lipinski definition) is 2. The van der Waals surface area contributed by atoms with E-state index in [1.807, 2.05) is 18.2 Å². The van der Waals surface area contributed by atoms with Crippen molar-refractivity contribution in [3.8, 4) is 5.75 Å². The second-order valence-corrected chi connectivity index (χ2v) is 4.74. The number of Topliss-reactive ketones (excluding diaryl/α,β-unsaturated/α-hetero) is 1. The van der Waals surface area contributed by atoms with Gasteiger partial charge in [-0.1, -0.05) is 26.0 Å². The van der Waals surface area contributed by atoms with Crippen LogP contribution in [-0.4, -0.2) is 12.4 Å². The van der Waals surface area contributed by atoms with E-state index >= 15 is 0 Å². The van der Waals surface area contributed by atoms with Crippen molar-refractivity contribution in [2.75, 3.05) is 6.61 Å². The molecule has 0 saturated heterocycles. The Labute approximate surface area is 96.6 Å². The van der Waals surface area contributed by atoms with E-state index in [1.54, 1.807) is 0 Å². The zero-order valence-electron chi connectivity index (χ0n) is 9.95. The Balaban J connectivity index is 2.08. The molecule has 1 aliphatic carbocycles. The lowest BCUT2D eigenvalue weighted by molar-refractivity contribution is 0.0994. The Morgan fingerprint density at radius 2 is 2.12 bits per heavy atom. The Kier molecular flexibility index (Phi) is 3.28. The second kappa shape index (κ2) is 4.69. The van der Waals surface area contributed by atoms with E-state index in [9.17, 15) is 4.79 Å².